The van der Waals surface area contributed by atoms with Gasteiger partial charge < -0.3 is 0 Å². The molecule has 1 unspecified atom stereocenters. The molecule has 5 rings (SSSR count). The third kappa shape index (κ3) is 3.96. The van der Waals surface area contributed by atoms with Gasteiger partial charge in [0.2, 0.25) is 0 Å². The number of alkyl halides is 2. The number of rotatable bonds is 6. The summed E-state index contributed by atoms with van der Waals surface area (Å²) in [5, 5.41) is 0.373. The zero-order valence-electron chi connectivity index (χ0n) is 17.3. The molecule has 0 radical (unpaired) electrons. The number of fused-ring (bicyclic) bond motifs is 1. The third-order valence-corrected chi connectivity index (χ3v) is 6.44. The maximum absolute atomic E-state index is 13.4. The van der Waals surface area contributed by atoms with Crippen LogP contribution >= 0.6 is 0 Å². The molecular weight excluding hydrogens is 400 g/mol. The molecule has 1 aliphatic carbocycles. The Kier molecular flexibility index (Phi) is 5.48. The van der Waals surface area contributed by atoms with Crippen molar-refractivity contribution in [3.63, 3.8) is 0 Å². The third-order valence-electron chi connectivity index (χ3n) is 6.44. The standard InChI is InChI=1S/C23H25F2N5O/c24-20(25)14-30-22(28-18-8-2-1-7-17(18)23(30)31)19-9-4-12-29(19)13-16-10-11-26-21(27-16)15-5-3-6-15/h1-2,7-8,10-11,15,19-20H,3-6,9,12-14H2. The van der Waals surface area contributed by atoms with E-state index in [4.69, 9.17) is 4.98 Å². The molecule has 31 heavy (non-hydrogen) atoms. The highest BCUT2D eigenvalue weighted by Gasteiger charge is 2.31. The van der Waals surface area contributed by atoms with Gasteiger partial charge in [0.15, 0.2) is 0 Å². The lowest BCUT2D eigenvalue weighted by atomic mass is 9.85. The van der Waals surface area contributed by atoms with E-state index in [9.17, 15) is 13.6 Å². The zero-order valence-corrected chi connectivity index (χ0v) is 17.3. The van der Waals surface area contributed by atoms with Crippen LogP contribution in [0.1, 0.15) is 61.4 Å². The zero-order chi connectivity index (χ0) is 21.4. The lowest BCUT2D eigenvalue weighted by molar-refractivity contribution is 0.120. The van der Waals surface area contributed by atoms with Crippen LogP contribution in [0.5, 0.6) is 0 Å². The number of halogens is 2. The molecule has 162 valence electrons. The van der Waals surface area contributed by atoms with Crippen molar-refractivity contribution in [2.75, 3.05) is 6.54 Å². The summed E-state index contributed by atoms with van der Waals surface area (Å²) in [7, 11) is 0. The van der Waals surface area contributed by atoms with Crippen molar-refractivity contribution in [1.82, 2.24) is 24.4 Å². The molecule has 2 fully saturated rings. The van der Waals surface area contributed by atoms with Crippen LogP contribution in [-0.4, -0.2) is 37.4 Å². The first-order valence-corrected chi connectivity index (χ1v) is 10.9. The predicted octanol–water partition coefficient (Wildman–Crippen LogP) is 4.06. The lowest BCUT2D eigenvalue weighted by Gasteiger charge is -2.27. The minimum Gasteiger partial charge on any atom is -0.289 e. The van der Waals surface area contributed by atoms with Gasteiger partial charge in [-0.05, 0) is 50.4 Å². The molecule has 2 aliphatic rings. The number of nitrogens with zero attached hydrogens (tertiary/aromatic N) is 5. The Hall–Kier alpha value is -2.74. The second-order valence-corrected chi connectivity index (χ2v) is 8.46. The van der Waals surface area contributed by atoms with Gasteiger partial charge in [0.05, 0.1) is 29.2 Å². The highest BCUT2D eigenvalue weighted by atomic mass is 19.3. The van der Waals surface area contributed by atoms with Crippen molar-refractivity contribution in [2.45, 2.75) is 63.6 Å². The van der Waals surface area contributed by atoms with E-state index >= 15 is 0 Å². The fourth-order valence-corrected chi connectivity index (χ4v) is 4.63. The predicted molar refractivity (Wildman–Crippen MR) is 113 cm³/mol. The van der Waals surface area contributed by atoms with Crippen molar-refractivity contribution in [1.29, 1.82) is 0 Å². The van der Waals surface area contributed by atoms with Gasteiger partial charge in [0.1, 0.15) is 11.6 Å². The Bertz CT molecular complexity index is 1140. The minimum absolute atomic E-state index is 0.196. The van der Waals surface area contributed by atoms with E-state index in [0.717, 1.165) is 43.7 Å². The topological polar surface area (TPSA) is 63.9 Å². The van der Waals surface area contributed by atoms with Gasteiger partial charge in [-0.15, -0.1) is 0 Å². The lowest BCUT2D eigenvalue weighted by Crippen LogP contribution is -2.33. The molecule has 0 N–H and O–H groups in total. The van der Waals surface area contributed by atoms with Crippen LogP contribution in [0.25, 0.3) is 10.9 Å². The van der Waals surface area contributed by atoms with Crippen LogP contribution in [0.3, 0.4) is 0 Å². The normalized spacial score (nSPS) is 19.9. The summed E-state index contributed by atoms with van der Waals surface area (Å²) in [6, 6.07) is 8.67. The number of hydrogen-bond acceptors (Lipinski definition) is 5. The van der Waals surface area contributed by atoms with Crippen LogP contribution in [0.4, 0.5) is 8.78 Å². The molecule has 8 heteroatoms. The van der Waals surface area contributed by atoms with Gasteiger partial charge in [-0.2, -0.15) is 0 Å². The Balaban J connectivity index is 1.49. The van der Waals surface area contributed by atoms with E-state index in [-0.39, 0.29) is 6.04 Å². The monoisotopic (exact) mass is 425 g/mol. The van der Waals surface area contributed by atoms with Crippen LogP contribution in [0, 0.1) is 0 Å². The fraction of sp³-hybridized carbons (Fsp3) is 0.478. The fourth-order valence-electron chi connectivity index (χ4n) is 4.63. The summed E-state index contributed by atoms with van der Waals surface area (Å²) in [6.07, 6.45) is 4.37. The quantitative estimate of drug-likeness (QED) is 0.596. The Labute approximate surface area is 179 Å². The number of aromatic nitrogens is 4. The second-order valence-electron chi connectivity index (χ2n) is 8.46. The van der Waals surface area contributed by atoms with Gasteiger partial charge >= 0.3 is 0 Å². The highest BCUT2D eigenvalue weighted by Crippen LogP contribution is 2.35. The van der Waals surface area contributed by atoms with Gasteiger partial charge in [-0.3, -0.25) is 14.3 Å². The van der Waals surface area contributed by atoms with Crippen LogP contribution in [0.15, 0.2) is 41.3 Å². The van der Waals surface area contributed by atoms with E-state index in [1.54, 1.807) is 18.2 Å². The van der Waals surface area contributed by atoms with Gasteiger partial charge in [0, 0.05) is 18.7 Å². The van der Waals surface area contributed by atoms with E-state index in [2.05, 4.69) is 14.9 Å². The van der Waals surface area contributed by atoms with Gasteiger partial charge in [-0.25, -0.2) is 23.7 Å². The number of likely N-dealkylation sites (tertiary alicyclic amines) is 1. The van der Waals surface area contributed by atoms with E-state index < -0.39 is 18.5 Å². The molecule has 0 bridgehead atoms. The highest BCUT2D eigenvalue weighted by molar-refractivity contribution is 5.77. The number of hydrogen-bond donors (Lipinski definition) is 0. The Morgan fingerprint density at radius 1 is 1.06 bits per heavy atom. The maximum atomic E-state index is 13.4. The first kappa shape index (κ1) is 20.2. The number of para-hydroxylation sites is 1. The SMILES string of the molecule is O=c1c2ccccc2nc(C2CCCN2Cc2ccnc(C3CCC3)n2)n1CC(F)F. The smallest absolute Gasteiger partial charge is 0.261 e. The van der Waals surface area contributed by atoms with Crippen molar-refractivity contribution in [2.24, 2.45) is 0 Å². The molecule has 1 aliphatic heterocycles. The Morgan fingerprint density at radius 2 is 1.90 bits per heavy atom. The van der Waals surface area contributed by atoms with Crippen molar-refractivity contribution in [3.8, 4) is 0 Å². The minimum atomic E-state index is -2.62. The average molecular weight is 425 g/mol. The van der Waals surface area contributed by atoms with Gasteiger partial charge in [-0.1, -0.05) is 18.6 Å². The van der Waals surface area contributed by atoms with Gasteiger partial charge in [0.25, 0.3) is 12.0 Å². The first-order valence-electron chi connectivity index (χ1n) is 10.9. The van der Waals surface area contributed by atoms with Crippen LogP contribution < -0.4 is 5.56 Å². The Morgan fingerprint density at radius 3 is 2.68 bits per heavy atom. The molecule has 0 spiro atoms. The van der Waals surface area contributed by atoms with Crippen molar-refractivity contribution < 1.29 is 8.78 Å². The largest absolute Gasteiger partial charge is 0.289 e. The molecule has 1 atom stereocenters. The summed E-state index contributed by atoms with van der Waals surface area (Å²) >= 11 is 0. The van der Waals surface area contributed by atoms with Crippen LogP contribution in [0.2, 0.25) is 0 Å². The summed E-state index contributed by atoms with van der Waals surface area (Å²) in [6.45, 7) is 0.755. The average Bonchev–Trinajstić information content (AvgIpc) is 3.16. The molecule has 1 aromatic carbocycles. The molecular formula is C23H25F2N5O. The maximum Gasteiger partial charge on any atom is 0.261 e. The molecule has 2 aromatic heterocycles. The number of benzene rings is 1. The molecule has 3 heterocycles. The summed E-state index contributed by atoms with van der Waals surface area (Å²) in [5.41, 5.74) is 1.07. The van der Waals surface area contributed by atoms with Crippen LogP contribution in [-0.2, 0) is 13.1 Å². The van der Waals surface area contributed by atoms with E-state index in [1.165, 1.54) is 11.0 Å². The van der Waals surface area contributed by atoms with Crippen molar-refractivity contribution >= 4 is 10.9 Å². The molecule has 1 saturated carbocycles. The molecule has 1 saturated heterocycles. The second kappa shape index (κ2) is 8.42. The van der Waals surface area contributed by atoms with Crippen molar-refractivity contribution in [3.05, 3.63) is 64.2 Å². The molecule has 3 aromatic rings. The van der Waals surface area contributed by atoms with E-state index in [0.29, 0.717) is 29.2 Å². The molecule has 6 nitrogen and oxygen atoms in total. The summed E-state index contributed by atoms with van der Waals surface area (Å²) in [5.74, 6) is 1.78. The first-order chi connectivity index (χ1) is 15.1. The summed E-state index contributed by atoms with van der Waals surface area (Å²) in [4.78, 5) is 29.1. The summed E-state index contributed by atoms with van der Waals surface area (Å²) < 4.78 is 27.9. The molecule has 0 amide bonds. The van der Waals surface area contributed by atoms with E-state index in [1.807, 2.05) is 18.3 Å².